The second kappa shape index (κ2) is 8.12. The van der Waals surface area contributed by atoms with Crippen molar-refractivity contribution in [3.8, 4) is 0 Å². The molecule has 1 aromatic heterocycles. The number of carbonyl (C=O) groups excluding carboxylic acids is 1. The fourth-order valence-electron chi connectivity index (χ4n) is 1.93. The molecule has 0 fully saturated rings. The van der Waals surface area contributed by atoms with Gasteiger partial charge >= 0.3 is 12.1 Å². The third-order valence-corrected chi connectivity index (χ3v) is 5.28. The Hall–Kier alpha value is -1.86. The predicted octanol–water partition coefficient (Wildman–Crippen LogP) is 3.74. The summed E-state index contributed by atoms with van der Waals surface area (Å²) in [4.78, 5) is 25.1. The van der Waals surface area contributed by atoms with Gasteiger partial charge in [-0.15, -0.1) is 11.3 Å². The third kappa shape index (κ3) is 5.37. The van der Waals surface area contributed by atoms with Crippen molar-refractivity contribution in [2.45, 2.75) is 26.0 Å². The molecule has 2 N–H and O–H groups in total. The van der Waals surface area contributed by atoms with Crippen LogP contribution >= 0.6 is 27.3 Å². The molecule has 0 aliphatic heterocycles. The first kappa shape index (κ1) is 17.5. The van der Waals surface area contributed by atoms with Gasteiger partial charge in [-0.05, 0) is 34.5 Å². The largest absolute Gasteiger partial charge is 0.480 e. The van der Waals surface area contributed by atoms with Gasteiger partial charge in [0.25, 0.3) is 0 Å². The first-order valence-corrected chi connectivity index (χ1v) is 8.51. The molecule has 1 amide bonds. The lowest BCUT2D eigenvalue weighted by atomic mass is 10.2. The Balaban J connectivity index is 1.91. The number of rotatable bonds is 6. The number of thiophene rings is 1. The number of halogens is 1. The maximum atomic E-state index is 11.8. The van der Waals surface area contributed by atoms with Crippen LogP contribution in [-0.4, -0.2) is 23.2 Å². The molecule has 2 rings (SSSR count). The Bertz CT molecular complexity index is 667. The van der Waals surface area contributed by atoms with Gasteiger partial charge in [0, 0.05) is 20.6 Å². The van der Waals surface area contributed by atoms with Crippen LogP contribution in [0.2, 0.25) is 0 Å². The second-order valence-corrected chi connectivity index (χ2v) is 7.11. The molecular formula is C16H16BrNO4S. The molecule has 23 heavy (non-hydrogen) atoms. The summed E-state index contributed by atoms with van der Waals surface area (Å²) < 4.78 is 5.99. The summed E-state index contributed by atoms with van der Waals surface area (Å²) in [5.41, 5.74) is 0.840. The Morgan fingerprint density at radius 2 is 2.04 bits per heavy atom. The molecule has 0 radical (unpaired) electrons. The van der Waals surface area contributed by atoms with Crippen molar-refractivity contribution in [1.29, 1.82) is 0 Å². The SMILES string of the molecule is Cc1sc(CC(NC(=O)OCc2ccccc2)C(=O)O)cc1Br. The van der Waals surface area contributed by atoms with E-state index >= 15 is 0 Å². The van der Waals surface area contributed by atoms with Crippen LogP contribution in [0.15, 0.2) is 40.9 Å². The molecule has 0 aliphatic carbocycles. The average Bonchev–Trinajstić information content (AvgIpc) is 2.83. The molecular weight excluding hydrogens is 382 g/mol. The number of aryl methyl sites for hydroxylation is 1. The van der Waals surface area contributed by atoms with E-state index in [0.29, 0.717) is 0 Å². The molecule has 1 aromatic carbocycles. The van der Waals surface area contributed by atoms with Gasteiger partial charge in [0.15, 0.2) is 0 Å². The number of hydrogen-bond donors (Lipinski definition) is 2. The molecule has 0 saturated carbocycles. The number of carboxylic acid groups (broad SMARTS) is 1. The monoisotopic (exact) mass is 397 g/mol. The van der Waals surface area contributed by atoms with Gasteiger partial charge in [-0.25, -0.2) is 9.59 Å². The highest BCUT2D eigenvalue weighted by molar-refractivity contribution is 9.10. The average molecular weight is 398 g/mol. The zero-order valence-corrected chi connectivity index (χ0v) is 14.8. The fraction of sp³-hybridized carbons (Fsp3) is 0.250. The highest BCUT2D eigenvalue weighted by atomic mass is 79.9. The summed E-state index contributed by atoms with van der Waals surface area (Å²) in [5.74, 6) is -1.09. The van der Waals surface area contributed by atoms with Crippen LogP contribution in [0, 0.1) is 6.92 Å². The Morgan fingerprint density at radius 1 is 1.35 bits per heavy atom. The minimum Gasteiger partial charge on any atom is -0.480 e. The van der Waals surface area contributed by atoms with E-state index in [1.807, 2.05) is 43.3 Å². The van der Waals surface area contributed by atoms with Crippen LogP contribution in [-0.2, 0) is 22.6 Å². The number of carboxylic acids is 1. The zero-order valence-electron chi connectivity index (χ0n) is 12.4. The van der Waals surface area contributed by atoms with Crippen molar-refractivity contribution < 1.29 is 19.4 Å². The summed E-state index contributed by atoms with van der Waals surface area (Å²) in [6.07, 6.45) is -0.527. The first-order valence-electron chi connectivity index (χ1n) is 6.90. The molecule has 0 spiro atoms. The number of nitrogens with one attached hydrogen (secondary N) is 1. The Labute approximate surface area is 146 Å². The molecule has 122 valence electrons. The van der Waals surface area contributed by atoms with E-state index in [1.165, 1.54) is 11.3 Å². The summed E-state index contributed by atoms with van der Waals surface area (Å²) in [6, 6.07) is 10.0. The van der Waals surface area contributed by atoms with Gasteiger partial charge < -0.3 is 15.2 Å². The van der Waals surface area contributed by atoms with Crippen LogP contribution in [0.5, 0.6) is 0 Å². The minimum absolute atomic E-state index is 0.0999. The van der Waals surface area contributed by atoms with Crippen molar-refractivity contribution in [2.24, 2.45) is 0 Å². The highest BCUT2D eigenvalue weighted by Crippen LogP contribution is 2.27. The molecule has 0 saturated heterocycles. The molecule has 0 aliphatic rings. The molecule has 1 atom stereocenters. The van der Waals surface area contributed by atoms with Gasteiger partial charge in [-0.3, -0.25) is 0 Å². The van der Waals surface area contributed by atoms with E-state index in [0.717, 1.165) is 19.8 Å². The van der Waals surface area contributed by atoms with Gasteiger partial charge in [0.05, 0.1) is 0 Å². The second-order valence-electron chi connectivity index (χ2n) is 4.92. The standard InChI is InChI=1S/C16H16BrNO4S/c1-10-13(17)7-12(23-10)8-14(15(19)20)18-16(21)22-9-11-5-3-2-4-6-11/h2-7,14H,8-9H2,1H3,(H,18,21)(H,19,20). The predicted molar refractivity (Wildman–Crippen MR) is 91.6 cm³/mol. The zero-order chi connectivity index (χ0) is 16.8. The topological polar surface area (TPSA) is 75.6 Å². The van der Waals surface area contributed by atoms with Crippen LogP contribution in [0.3, 0.4) is 0 Å². The van der Waals surface area contributed by atoms with Crippen molar-refractivity contribution in [1.82, 2.24) is 5.32 Å². The lowest BCUT2D eigenvalue weighted by Crippen LogP contribution is -2.42. The molecule has 1 heterocycles. The number of alkyl carbamates (subject to hydrolysis) is 1. The van der Waals surface area contributed by atoms with E-state index < -0.39 is 18.1 Å². The van der Waals surface area contributed by atoms with Crippen molar-refractivity contribution in [3.63, 3.8) is 0 Å². The van der Waals surface area contributed by atoms with Crippen molar-refractivity contribution in [2.75, 3.05) is 0 Å². The Kier molecular flexibility index (Phi) is 6.18. The normalized spacial score (nSPS) is 11.7. The summed E-state index contributed by atoms with van der Waals surface area (Å²) in [5, 5.41) is 11.7. The third-order valence-electron chi connectivity index (χ3n) is 3.12. The number of hydrogen-bond acceptors (Lipinski definition) is 4. The number of carbonyl (C=O) groups is 2. The maximum absolute atomic E-state index is 11.8. The molecule has 5 nitrogen and oxygen atoms in total. The van der Waals surface area contributed by atoms with E-state index in [4.69, 9.17) is 4.74 Å². The number of amides is 1. The van der Waals surface area contributed by atoms with Crippen LogP contribution in [0.1, 0.15) is 15.3 Å². The van der Waals surface area contributed by atoms with Crippen LogP contribution in [0.4, 0.5) is 4.79 Å². The number of aliphatic carboxylic acids is 1. The van der Waals surface area contributed by atoms with Crippen molar-refractivity contribution >= 4 is 39.3 Å². The van der Waals surface area contributed by atoms with E-state index in [1.54, 1.807) is 0 Å². The van der Waals surface area contributed by atoms with Gasteiger partial charge in [-0.2, -0.15) is 0 Å². The molecule has 7 heteroatoms. The highest BCUT2D eigenvalue weighted by Gasteiger charge is 2.22. The lowest BCUT2D eigenvalue weighted by molar-refractivity contribution is -0.139. The van der Waals surface area contributed by atoms with Gasteiger partial charge in [0.2, 0.25) is 0 Å². The summed E-state index contributed by atoms with van der Waals surface area (Å²) in [6.45, 7) is 2.04. The fourth-order valence-corrected chi connectivity index (χ4v) is 3.57. The quantitative estimate of drug-likeness (QED) is 0.778. The molecule has 1 unspecified atom stereocenters. The number of benzene rings is 1. The van der Waals surface area contributed by atoms with Crippen molar-refractivity contribution in [3.05, 3.63) is 56.2 Å². The summed E-state index contributed by atoms with van der Waals surface area (Å²) in [7, 11) is 0. The van der Waals surface area contributed by atoms with Gasteiger partial charge in [-0.1, -0.05) is 30.3 Å². The maximum Gasteiger partial charge on any atom is 0.408 e. The first-order chi connectivity index (χ1) is 11.0. The van der Waals surface area contributed by atoms with Crippen LogP contribution in [0.25, 0.3) is 0 Å². The van der Waals surface area contributed by atoms with E-state index in [9.17, 15) is 14.7 Å². The van der Waals surface area contributed by atoms with E-state index in [-0.39, 0.29) is 13.0 Å². The smallest absolute Gasteiger partial charge is 0.408 e. The lowest BCUT2D eigenvalue weighted by Gasteiger charge is -2.13. The molecule has 0 bridgehead atoms. The summed E-state index contributed by atoms with van der Waals surface area (Å²) >= 11 is 4.89. The van der Waals surface area contributed by atoms with Crippen LogP contribution < -0.4 is 5.32 Å². The number of ether oxygens (including phenoxy) is 1. The van der Waals surface area contributed by atoms with E-state index in [2.05, 4.69) is 21.2 Å². The molecule has 2 aromatic rings. The van der Waals surface area contributed by atoms with Gasteiger partial charge in [0.1, 0.15) is 12.6 Å². The Morgan fingerprint density at radius 3 is 2.61 bits per heavy atom. The minimum atomic E-state index is -1.09.